The summed E-state index contributed by atoms with van der Waals surface area (Å²) in [6.07, 6.45) is 0. The highest BCUT2D eigenvalue weighted by Gasteiger charge is 1.95. The summed E-state index contributed by atoms with van der Waals surface area (Å²) in [6, 6.07) is 7.76. The van der Waals surface area contributed by atoms with Crippen molar-refractivity contribution in [3.63, 3.8) is 0 Å². The van der Waals surface area contributed by atoms with Gasteiger partial charge in [0.05, 0.1) is 0 Å². The van der Waals surface area contributed by atoms with E-state index in [0.29, 0.717) is 11.6 Å². The van der Waals surface area contributed by atoms with Crippen molar-refractivity contribution < 1.29 is 0 Å². The molecule has 0 aromatic heterocycles. The smallest absolute Gasteiger partial charge is 0.0485 e. The average Bonchev–Trinajstić information content (AvgIpc) is 2.17. The topological polar surface area (TPSA) is 38.0 Å². The lowest BCUT2D eigenvalue weighted by Gasteiger charge is -2.04. The van der Waals surface area contributed by atoms with Crippen molar-refractivity contribution in [1.82, 2.24) is 5.43 Å². The number of halogens is 1. The van der Waals surface area contributed by atoms with E-state index in [1.54, 1.807) is 0 Å². The maximum Gasteiger partial charge on any atom is 0.0485 e. The Bertz CT molecular complexity index is 266. The zero-order valence-corrected chi connectivity index (χ0v) is 7.43. The number of rotatable bonds is 3. The molecule has 0 spiro atoms. The zero-order chi connectivity index (χ0) is 8.97. The Balaban J connectivity index is 2.84. The summed E-state index contributed by atoms with van der Waals surface area (Å²) >= 11 is 5.63. The Hall–Kier alpha value is -0.990. The van der Waals surface area contributed by atoms with Gasteiger partial charge in [-0.25, -0.2) is 0 Å². The van der Waals surface area contributed by atoms with Crippen molar-refractivity contribution in [2.24, 2.45) is 5.84 Å². The van der Waals surface area contributed by atoms with E-state index in [2.05, 4.69) is 12.0 Å². The number of alkyl halides is 1. The van der Waals surface area contributed by atoms with Crippen LogP contribution in [0.5, 0.6) is 0 Å². The Morgan fingerprint density at radius 1 is 1.42 bits per heavy atom. The van der Waals surface area contributed by atoms with E-state index in [-0.39, 0.29) is 0 Å². The third-order valence-electron chi connectivity index (χ3n) is 1.63. The van der Waals surface area contributed by atoms with Crippen molar-refractivity contribution >= 4 is 17.3 Å². The van der Waals surface area contributed by atoms with Crippen LogP contribution in [0, 0.1) is 0 Å². The number of nitrogens with two attached hydrogens (primary N) is 1. The second-order valence-electron chi connectivity index (χ2n) is 2.45. The Morgan fingerprint density at radius 2 is 2.00 bits per heavy atom. The molecule has 1 aromatic rings. The molecule has 3 heteroatoms. The van der Waals surface area contributed by atoms with Crippen LogP contribution in [0.15, 0.2) is 30.8 Å². The summed E-state index contributed by atoms with van der Waals surface area (Å²) in [5, 5.41) is 0. The van der Waals surface area contributed by atoms with Gasteiger partial charge in [0.25, 0.3) is 0 Å². The molecule has 2 nitrogen and oxygen atoms in total. The summed E-state index contributed by atoms with van der Waals surface area (Å²) < 4.78 is 0. The minimum absolute atomic E-state index is 0.531. The van der Waals surface area contributed by atoms with Gasteiger partial charge in [-0.3, -0.25) is 5.84 Å². The summed E-state index contributed by atoms with van der Waals surface area (Å²) in [6.45, 7) is 3.73. The highest BCUT2D eigenvalue weighted by atomic mass is 35.5. The van der Waals surface area contributed by atoms with E-state index < -0.39 is 0 Å². The molecule has 0 unspecified atom stereocenters. The summed E-state index contributed by atoms with van der Waals surface area (Å²) in [5.74, 6) is 5.73. The summed E-state index contributed by atoms with van der Waals surface area (Å²) in [5.41, 5.74) is 5.26. The molecule has 64 valence electrons. The van der Waals surface area contributed by atoms with Crippen molar-refractivity contribution in [2.45, 2.75) is 5.88 Å². The van der Waals surface area contributed by atoms with Crippen LogP contribution in [0.3, 0.4) is 0 Å². The lowest BCUT2D eigenvalue weighted by atomic mass is 10.1. The van der Waals surface area contributed by atoms with Gasteiger partial charge in [0, 0.05) is 11.6 Å². The van der Waals surface area contributed by atoms with Crippen molar-refractivity contribution in [1.29, 1.82) is 0 Å². The highest BCUT2D eigenvalue weighted by Crippen LogP contribution is 2.11. The quantitative estimate of drug-likeness (QED) is 0.426. The van der Waals surface area contributed by atoms with E-state index in [9.17, 15) is 0 Å². The van der Waals surface area contributed by atoms with Crippen molar-refractivity contribution in [3.8, 4) is 0 Å². The predicted octanol–water partition coefficient (Wildman–Crippen LogP) is 1.86. The van der Waals surface area contributed by atoms with Crippen molar-refractivity contribution in [2.75, 3.05) is 0 Å². The fourth-order valence-corrected chi connectivity index (χ4v) is 1.06. The number of nitrogens with one attached hydrogen (secondary N) is 1. The maximum absolute atomic E-state index is 5.63. The van der Waals surface area contributed by atoms with E-state index >= 15 is 0 Å². The molecule has 0 atom stereocenters. The molecular formula is C9H11ClN2. The minimum atomic E-state index is 0.531. The SMILES string of the molecule is C=C(NN)c1ccc(CCl)cc1. The van der Waals surface area contributed by atoms with Crippen LogP contribution in [-0.4, -0.2) is 0 Å². The number of hydrogen-bond acceptors (Lipinski definition) is 2. The third kappa shape index (κ3) is 2.00. The Kier molecular flexibility index (Phi) is 3.14. The molecule has 1 aromatic carbocycles. The Morgan fingerprint density at radius 3 is 2.42 bits per heavy atom. The molecule has 0 amide bonds. The van der Waals surface area contributed by atoms with E-state index in [4.69, 9.17) is 17.4 Å². The van der Waals surface area contributed by atoms with Gasteiger partial charge in [0.15, 0.2) is 0 Å². The van der Waals surface area contributed by atoms with Gasteiger partial charge in [-0.15, -0.1) is 11.6 Å². The minimum Gasteiger partial charge on any atom is -0.324 e. The molecule has 0 radical (unpaired) electrons. The first-order valence-corrected chi connectivity index (χ1v) is 4.12. The molecule has 0 saturated heterocycles. The fraction of sp³-hybridized carbons (Fsp3) is 0.111. The van der Waals surface area contributed by atoms with Crippen molar-refractivity contribution in [3.05, 3.63) is 42.0 Å². The lowest BCUT2D eigenvalue weighted by molar-refractivity contribution is 0.995. The molecule has 12 heavy (non-hydrogen) atoms. The summed E-state index contributed by atoms with van der Waals surface area (Å²) in [4.78, 5) is 0. The normalized spacial score (nSPS) is 9.50. The van der Waals surface area contributed by atoms with Crippen LogP contribution in [0.1, 0.15) is 11.1 Å². The number of hydrogen-bond donors (Lipinski definition) is 2. The van der Waals surface area contributed by atoms with Crippen LogP contribution in [0.25, 0.3) is 5.70 Å². The van der Waals surface area contributed by atoms with Gasteiger partial charge >= 0.3 is 0 Å². The molecule has 0 saturated carbocycles. The van der Waals surface area contributed by atoms with Crippen LogP contribution >= 0.6 is 11.6 Å². The molecule has 0 heterocycles. The maximum atomic E-state index is 5.63. The van der Waals surface area contributed by atoms with E-state index in [1.165, 1.54) is 0 Å². The molecule has 0 aliphatic carbocycles. The van der Waals surface area contributed by atoms with Gasteiger partial charge < -0.3 is 5.43 Å². The van der Waals surface area contributed by atoms with Gasteiger partial charge in [0.2, 0.25) is 0 Å². The highest BCUT2D eigenvalue weighted by molar-refractivity contribution is 6.17. The van der Waals surface area contributed by atoms with E-state index in [0.717, 1.165) is 11.1 Å². The average molecular weight is 183 g/mol. The van der Waals surface area contributed by atoms with Gasteiger partial charge in [-0.05, 0) is 11.1 Å². The second-order valence-corrected chi connectivity index (χ2v) is 2.72. The lowest BCUT2D eigenvalue weighted by Crippen LogP contribution is -2.18. The molecule has 0 aliphatic heterocycles. The van der Waals surface area contributed by atoms with Crippen LogP contribution < -0.4 is 11.3 Å². The third-order valence-corrected chi connectivity index (χ3v) is 1.94. The molecule has 3 N–H and O–H groups in total. The second kappa shape index (κ2) is 4.14. The molecule has 1 rings (SSSR count). The monoisotopic (exact) mass is 182 g/mol. The predicted molar refractivity (Wildman–Crippen MR) is 52.4 cm³/mol. The molecule has 0 aliphatic rings. The molecule has 0 fully saturated rings. The zero-order valence-electron chi connectivity index (χ0n) is 6.68. The fourth-order valence-electron chi connectivity index (χ4n) is 0.878. The summed E-state index contributed by atoms with van der Waals surface area (Å²) in [7, 11) is 0. The molecular weight excluding hydrogens is 172 g/mol. The van der Waals surface area contributed by atoms with Crippen LogP contribution in [0.4, 0.5) is 0 Å². The van der Waals surface area contributed by atoms with Gasteiger partial charge in [0.1, 0.15) is 0 Å². The molecule has 0 bridgehead atoms. The first-order chi connectivity index (χ1) is 5.77. The Labute approximate surface area is 77.0 Å². The van der Waals surface area contributed by atoms with Gasteiger partial charge in [-0.1, -0.05) is 30.8 Å². The standard InChI is InChI=1S/C9H11ClN2/c1-7(12-11)9-4-2-8(6-10)3-5-9/h2-5,12H,1,6,11H2. The van der Waals surface area contributed by atoms with Crippen LogP contribution in [-0.2, 0) is 5.88 Å². The first kappa shape index (κ1) is 9.10. The first-order valence-electron chi connectivity index (χ1n) is 3.58. The number of hydrazine groups is 1. The van der Waals surface area contributed by atoms with Crippen LogP contribution in [0.2, 0.25) is 0 Å². The number of benzene rings is 1. The van der Waals surface area contributed by atoms with Gasteiger partial charge in [-0.2, -0.15) is 0 Å². The van der Waals surface area contributed by atoms with E-state index in [1.807, 2.05) is 24.3 Å². The largest absolute Gasteiger partial charge is 0.324 e.